The smallest absolute Gasteiger partial charge is 0.305 e. The van der Waals surface area contributed by atoms with Crippen LogP contribution in [0.5, 0.6) is 0 Å². The van der Waals surface area contributed by atoms with E-state index in [2.05, 4.69) is 30.4 Å². The number of ether oxygens (including phenoxy) is 1. The van der Waals surface area contributed by atoms with Gasteiger partial charge in [0.25, 0.3) is 5.91 Å². The molecule has 1 amide bonds. The number of hydrogen-bond donors (Lipinski definition) is 2. The average molecular weight is 571 g/mol. The molecule has 5 aliphatic rings. The number of nitrogens with one attached hydrogen (secondary N) is 1. The minimum Gasteiger partial charge on any atom is -0.481 e. The van der Waals surface area contributed by atoms with Gasteiger partial charge in [0.15, 0.2) is 6.61 Å². The van der Waals surface area contributed by atoms with Gasteiger partial charge in [0.1, 0.15) is 5.78 Å². The molecule has 8 nitrogen and oxygen atoms in total. The summed E-state index contributed by atoms with van der Waals surface area (Å²) < 4.78 is 5.78. The van der Waals surface area contributed by atoms with E-state index in [1.807, 2.05) is 13.8 Å². The van der Waals surface area contributed by atoms with Gasteiger partial charge in [0.05, 0.1) is 17.7 Å². The number of carboxylic acid groups (broad SMARTS) is 1. The lowest BCUT2D eigenvalue weighted by molar-refractivity contribution is -0.140. The Morgan fingerprint density at radius 2 is 1.85 bits per heavy atom. The Labute approximate surface area is 245 Å². The number of carboxylic acids is 1. The van der Waals surface area contributed by atoms with Gasteiger partial charge in [-0.1, -0.05) is 24.6 Å². The van der Waals surface area contributed by atoms with Crippen molar-refractivity contribution in [2.24, 2.45) is 45.6 Å². The van der Waals surface area contributed by atoms with Crippen molar-refractivity contribution in [3.05, 3.63) is 11.6 Å². The molecule has 0 bridgehead atoms. The van der Waals surface area contributed by atoms with Crippen LogP contribution in [0.3, 0.4) is 0 Å². The molecular weight excluding hydrogens is 520 g/mol. The largest absolute Gasteiger partial charge is 0.481 e. The maximum absolute atomic E-state index is 12.7. The second-order valence-corrected chi connectivity index (χ2v) is 14.8. The second-order valence-electron chi connectivity index (χ2n) is 14.8. The molecule has 0 radical (unpaired) electrons. The molecule has 1 heterocycles. The summed E-state index contributed by atoms with van der Waals surface area (Å²) in [5, 5.41) is 16.7. The second kappa shape index (κ2) is 11.5. The van der Waals surface area contributed by atoms with E-state index in [1.54, 1.807) is 6.92 Å². The fourth-order valence-electron chi connectivity index (χ4n) is 9.88. The molecule has 0 aromatic heterocycles. The fourth-order valence-corrected chi connectivity index (χ4v) is 9.88. The number of ketones is 1. The number of aliphatic carboxylic acids is 1. The van der Waals surface area contributed by atoms with Crippen molar-refractivity contribution >= 4 is 23.4 Å². The Kier molecular flexibility index (Phi) is 8.45. The van der Waals surface area contributed by atoms with Crippen LogP contribution in [-0.2, 0) is 24.0 Å². The zero-order chi connectivity index (χ0) is 29.6. The van der Waals surface area contributed by atoms with Gasteiger partial charge in [0, 0.05) is 18.6 Å². The first kappa shape index (κ1) is 30.2. The predicted octanol–water partition coefficient (Wildman–Crippen LogP) is 5.69. The molecule has 0 spiro atoms. The molecule has 0 unspecified atom stereocenters. The number of nitrogens with zero attached hydrogens (tertiary/aromatic N) is 1. The highest BCUT2D eigenvalue weighted by Crippen LogP contribution is 2.66. The Hall–Kier alpha value is -2.22. The van der Waals surface area contributed by atoms with E-state index in [0.717, 1.165) is 44.2 Å². The van der Waals surface area contributed by atoms with Crippen molar-refractivity contribution in [2.75, 3.05) is 13.2 Å². The van der Waals surface area contributed by atoms with Crippen LogP contribution >= 0.6 is 0 Å². The normalized spacial score (nSPS) is 39.5. The van der Waals surface area contributed by atoms with E-state index in [-0.39, 0.29) is 47.2 Å². The number of allylic oxidation sites excluding steroid dienone is 2. The van der Waals surface area contributed by atoms with Crippen molar-refractivity contribution < 1.29 is 29.1 Å². The average Bonchev–Trinajstić information content (AvgIpc) is 3.25. The Morgan fingerprint density at radius 3 is 2.56 bits per heavy atom. The number of Topliss-reactive ketones (excluding diaryl/α,β-unsaturated/α-hetero) is 1. The zero-order valence-electron chi connectivity index (χ0n) is 25.7. The highest BCUT2D eigenvalue weighted by Gasteiger charge is 2.59. The van der Waals surface area contributed by atoms with E-state index in [4.69, 9.17) is 9.57 Å². The Morgan fingerprint density at radius 1 is 1.07 bits per heavy atom. The van der Waals surface area contributed by atoms with Gasteiger partial charge >= 0.3 is 5.97 Å². The van der Waals surface area contributed by atoms with Crippen LogP contribution in [0.4, 0.5) is 0 Å². The molecule has 5 rings (SSSR count). The van der Waals surface area contributed by atoms with Gasteiger partial charge in [0.2, 0.25) is 0 Å². The zero-order valence-corrected chi connectivity index (χ0v) is 25.7. The summed E-state index contributed by atoms with van der Waals surface area (Å²) in [6, 6.07) is -0.463. The summed E-state index contributed by atoms with van der Waals surface area (Å²) in [5.74, 6) is 1.39. The number of carbonyl (C=O) groups excluding carboxylic acids is 2. The van der Waals surface area contributed by atoms with Crippen LogP contribution in [-0.4, -0.2) is 53.3 Å². The van der Waals surface area contributed by atoms with Crippen molar-refractivity contribution in [1.29, 1.82) is 0 Å². The lowest BCUT2D eigenvalue weighted by atomic mass is 9.46. The molecule has 8 heteroatoms. The first-order chi connectivity index (χ1) is 19.3. The summed E-state index contributed by atoms with van der Waals surface area (Å²) >= 11 is 0. The molecular formula is C33H50N2O6. The van der Waals surface area contributed by atoms with Gasteiger partial charge in [-0.15, -0.1) is 0 Å². The van der Waals surface area contributed by atoms with Crippen LogP contribution < -0.4 is 5.32 Å². The maximum atomic E-state index is 12.7. The SMILES string of the molecule is CC(=O)[C@@H]1CC[C@@H]2[C@@H]3CCC4=C/C(=N\OCC(=O)N[C@H](CC(=O)O)[C@H]5CCOC(C)(C)C5)CC[C@]4(C)[C@H]3CC[C@@]21C. The van der Waals surface area contributed by atoms with E-state index in [9.17, 15) is 19.5 Å². The lowest BCUT2D eigenvalue weighted by Gasteiger charge is -2.58. The molecule has 41 heavy (non-hydrogen) atoms. The molecule has 228 valence electrons. The first-order valence-corrected chi connectivity index (χ1v) is 15.9. The molecule has 3 saturated carbocycles. The first-order valence-electron chi connectivity index (χ1n) is 15.9. The van der Waals surface area contributed by atoms with Gasteiger partial charge in [-0.3, -0.25) is 14.4 Å². The van der Waals surface area contributed by atoms with Crippen LogP contribution in [0.15, 0.2) is 16.8 Å². The van der Waals surface area contributed by atoms with Crippen LogP contribution in [0.25, 0.3) is 0 Å². The summed E-state index contributed by atoms with van der Waals surface area (Å²) in [7, 11) is 0. The standard InChI is InChI=1S/C33H50N2O6/c1-20(36)25-8-9-26-24-7-6-22-16-23(10-13-32(22,4)27(24)11-14-33(25,26)5)35-41-19-29(37)34-28(17-30(38)39)21-12-15-40-31(2,3)18-21/h16,21,24-28H,6-15,17-19H2,1-5H3,(H,34,37)(H,38,39)/b35-23-/t21-,24-,25-,26+,27-,28+,32-,33+/m0/s1. The monoisotopic (exact) mass is 570 g/mol. The highest BCUT2D eigenvalue weighted by molar-refractivity contribution is 5.96. The number of oxime groups is 1. The van der Waals surface area contributed by atoms with E-state index in [1.165, 1.54) is 24.8 Å². The molecule has 8 atom stereocenters. The third-order valence-electron chi connectivity index (χ3n) is 11.9. The topological polar surface area (TPSA) is 114 Å². The third kappa shape index (κ3) is 6.00. The molecule has 1 saturated heterocycles. The molecule has 4 aliphatic carbocycles. The van der Waals surface area contributed by atoms with Gasteiger partial charge in [-0.05, 0) is 126 Å². The number of hydrogen-bond acceptors (Lipinski definition) is 6. The predicted molar refractivity (Wildman–Crippen MR) is 156 cm³/mol. The highest BCUT2D eigenvalue weighted by atomic mass is 16.6. The van der Waals surface area contributed by atoms with E-state index in [0.29, 0.717) is 36.6 Å². The number of carbonyl (C=O) groups is 3. The van der Waals surface area contributed by atoms with Gasteiger partial charge in [-0.2, -0.15) is 0 Å². The van der Waals surface area contributed by atoms with Gasteiger partial charge < -0.3 is 20.0 Å². The summed E-state index contributed by atoms with van der Waals surface area (Å²) in [5.41, 5.74) is 2.35. The molecule has 1 aliphatic heterocycles. The quantitative estimate of drug-likeness (QED) is 0.362. The van der Waals surface area contributed by atoms with Crippen molar-refractivity contribution in [1.82, 2.24) is 5.32 Å². The Bertz CT molecular complexity index is 1110. The summed E-state index contributed by atoms with van der Waals surface area (Å²) in [6.45, 7) is 11.0. The number of rotatable bonds is 8. The fraction of sp³-hybridized carbons (Fsp3) is 0.818. The minimum absolute atomic E-state index is 0.0382. The van der Waals surface area contributed by atoms with Crippen molar-refractivity contribution in [3.63, 3.8) is 0 Å². The van der Waals surface area contributed by atoms with Crippen LogP contribution in [0.2, 0.25) is 0 Å². The molecule has 4 fully saturated rings. The minimum atomic E-state index is -0.929. The van der Waals surface area contributed by atoms with Crippen molar-refractivity contribution in [2.45, 2.75) is 117 Å². The van der Waals surface area contributed by atoms with E-state index < -0.39 is 12.0 Å². The lowest BCUT2D eigenvalue weighted by Crippen LogP contribution is -2.51. The maximum Gasteiger partial charge on any atom is 0.305 e. The summed E-state index contributed by atoms with van der Waals surface area (Å²) in [4.78, 5) is 42.2. The Balaban J connectivity index is 1.19. The van der Waals surface area contributed by atoms with E-state index >= 15 is 0 Å². The molecule has 0 aromatic rings. The number of amides is 1. The van der Waals surface area contributed by atoms with Crippen LogP contribution in [0.1, 0.15) is 105 Å². The summed E-state index contributed by atoms with van der Waals surface area (Å²) in [6.07, 6.45) is 12.2. The van der Waals surface area contributed by atoms with Gasteiger partial charge in [-0.25, -0.2) is 0 Å². The number of fused-ring (bicyclic) bond motifs is 5. The third-order valence-corrected chi connectivity index (χ3v) is 11.9. The molecule has 2 N–H and O–H groups in total. The van der Waals surface area contributed by atoms with Crippen LogP contribution in [0, 0.1) is 40.4 Å². The molecule has 0 aromatic carbocycles. The van der Waals surface area contributed by atoms with Crippen molar-refractivity contribution in [3.8, 4) is 0 Å².